The maximum absolute atomic E-state index is 14.6. The molecule has 3 atom stereocenters. The van der Waals surface area contributed by atoms with Crippen LogP contribution in [0.25, 0.3) is 27.1 Å². The lowest BCUT2D eigenvalue weighted by Crippen LogP contribution is -3.15. The van der Waals surface area contributed by atoms with E-state index in [1.165, 1.54) is 21.1 Å². The minimum absolute atomic E-state index is 0.0296. The summed E-state index contributed by atoms with van der Waals surface area (Å²) >= 11 is 5.06. The fraction of sp³-hybridized carbons (Fsp3) is 0.522. The molecule has 1 aliphatic carbocycles. The zero-order chi connectivity index (χ0) is 46.2. The highest BCUT2D eigenvalue weighted by Crippen LogP contribution is 2.40. The number of aromatic amines is 1. The summed E-state index contributed by atoms with van der Waals surface area (Å²) in [5.41, 5.74) is 3.45. The zero-order valence-electron chi connectivity index (χ0n) is 37.5. The molecule has 2 saturated heterocycles. The number of nitrogens with zero attached hydrogens (tertiary/aromatic N) is 5. The van der Waals surface area contributed by atoms with Gasteiger partial charge in [0.1, 0.15) is 53.8 Å². The smallest absolute Gasteiger partial charge is 0.370 e. The van der Waals surface area contributed by atoms with Gasteiger partial charge in [-0.1, -0.05) is 39.0 Å². The Kier molecular flexibility index (Phi) is 13.8. The monoisotopic (exact) mass is 979 g/mol. The van der Waals surface area contributed by atoms with Gasteiger partial charge in [-0.15, -0.1) is 11.3 Å². The molecule has 2 aromatic carbocycles. The second-order valence-corrected chi connectivity index (χ2v) is 20.3. The van der Waals surface area contributed by atoms with E-state index in [9.17, 15) is 28.7 Å². The van der Waals surface area contributed by atoms with Crippen LogP contribution in [0.15, 0.2) is 57.4 Å². The summed E-state index contributed by atoms with van der Waals surface area (Å²) in [7, 11) is 1.99. The normalized spacial score (nSPS) is 19.5. The minimum Gasteiger partial charge on any atom is -0.491 e. The van der Waals surface area contributed by atoms with Crippen LogP contribution in [0, 0.1) is 12.3 Å². The number of thiazole rings is 1. The van der Waals surface area contributed by atoms with Gasteiger partial charge in [0.2, 0.25) is 11.8 Å². The van der Waals surface area contributed by atoms with Gasteiger partial charge in [0.05, 0.1) is 62.1 Å². The number of hydrogen-bond acceptors (Lipinski definition) is 10. The number of β-amino-alcohol motifs (C(OH)–C–C–N with tert-alkyl or cyclic N) is 1. The third-order valence-corrected chi connectivity index (χ3v) is 14.5. The number of aryl methyl sites for hydroxylation is 2. The number of aliphatic hydroxyl groups is 1. The van der Waals surface area contributed by atoms with Gasteiger partial charge in [0.25, 0.3) is 5.91 Å². The first-order valence-corrected chi connectivity index (χ1v) is 23.9. The zero-order valence-corrected chi connectivity index (χ0v) is 39.9. The van der Waals surface area contributed by atoms with E-state index in [0.717, 1.165) is 82.4 Å². The summed E-state index contributed by atoms with van der Waals surface area (Å²) in [4.78, 5) is 67.0. The molecule has 3 aromatic heterocycles. The van der Waals surface area contributed by atoms with Crippen molar-refractivity contribution in [2.24, 2.45) is 12.5 Å². The molecule has 1 saturated carbocycles. The Balaban J connectivity index is 0.830. The maximum Gasteiger partial charge on any atom is 0.370 e. The molecule has 8 rings (SSSR count). The molecule has 0 bridgehead atoms. The molecule has 348 valence electrons. The van der Waals surface area contributed by atoms with Crippen molar-refractivity contribution in [1.82, 2.24) is 35.0 Å². The summed E-state index contributed by atoms with van der Waals surface area (Å²) < 4.78 is 31.9. The van der Waals surface area contributed by atoms with Crippen molar-refractivity contribution >= 4 is 61.7 Å². The average molecular weight is 981 g/mol. The van der Waals surface area contributed by atoms with Crippen molar-refractivity contribution < 1.29 is 42.7 Å². The van der Waals surface area contributed by atoms with E-state index in [-0.39, 0.29) is 44.5 Å². The number of imidazole rings is 1. The number of benzene rings is 2. The Hall–Kier alpha value is -4.79. The third-order valence-electron chi connectivity index (χ3n) is 12.9. The number of aliphatic hydroxyl groups excluding tert-OH is 1. The van der Waals surface area contributed by atoms with Crippen LogP contribution < -0.4 is 30.2 Å². The number of nitrogens with one attached hydrogen (secondary N) is 4. The molecule has 3 amide bonds. The minimum atomic E-state index is -1.97. The predicted octanol–water partition coefficient (Wildman–Crippen LogP) is 2.21. The SMILES string of the molecule is Cc1ncsc1-c1ccc(CNC(=O)[C@@H]2C[C@@H](O)CN2C(=O)[C@@H](NC(=O)C2(F)CC2)C(C)(C)C)c(OCCOCC[NH+]2CCN(Cc3c[n+]4c5cccc(Br)c5c(=O)[nH]c4n3C)CC2)c1. The average Bonchev–Trinajstić information content (AvgIpc) is 3.52. The van der Waals surface area contributed by atoms with Crippen LogP contribution in [0.2, 0.25) is 0 Å². The van der Waals surface area contributed by atoms with Crippen LogP contribution in [0.1, 0.15) is 57.0 Å². The number of carbonyl (C=O) groups is 3. The van der Waals surface area contributed by atoms with E-state index in [4.69, 9.17) is 9.47 Å². The quantitative estimate of drug-likeness (QED) is 0.0733. The van der Waals surface area contributed by atoms with Crippen molar-refractivity contribution in [3.8, 4) is 16.2 Å². The van der Waals surface area contributed by atoms with E-state index in [2.05, 4.69) is 52.2 Å². The highest BCUT2D eigenvalue weighted by atomic mass is 79.9. The Bertz CT molecular complexity index is 2630. The van der Waals surface area contributed by atoms with Crippen molar-refractivity contribution in [1.29, 1.82) is 0 Å². The number of likely N-dealkylation sites (tertiary alicyclic amines) is 1. The van der Waals surface area contributed by atoms with Crippen LogP contribution in [0.3, 0.4) is 0 Å². The topological polar surface area (TPSA) is 180 Å². The van der Waals surface area contributed by atoms with Gasteiger partial charge < -0.3 is 35.0 Å². The number of hydrogen-bond donors (Lipinski definition) is 5. The number of piperazine rings is 1. The Morgan fingerprint density at radius 3 is 2.63 bits per heavy atom. The Morgan fingerprint density at radius 1 is 1.15 bits per heavy atom. The van der Waals surface area contributed by atoms with Gasteiger partial charge in [-0.2, -0.15) is 0 Å². The molecule has 16 nitrogen and oxygen atoms in total. The number of rotatable bonds is 16. The van der Waals surface area contributed by atoms with Gasteiger partial charge in [0, 0.05) is 42.6 Å². The second kappa shape index (κ2) is 19.2. The van der Waals surface area contributed by atoms with Crippen molar-refractivity contribution in [2.45, 2.75) is 83.9 Å². The standard InChI is InChI=1S/C46H57BrFN9O7S/c1-28-38(65-27-50-28)29-9-10-30(23-49-40(59)35-22-32(58)26-56(35)42(61)39(45(2,3)4)51-43(62)46(48)11-12-46)36(21-29)64-20-19-63-18-17-54-13-15-55(16-14-54)24-31-25-57-34-8-6-7-33(47)37(34)41(60)52-44(57)53(31)5/h6-10,21,25,27,32,35,39,58H,11-20,22-24,26H2,1-5H3,(H2,49,51,59,62)/p+2/t32-,35+,39-/m1/s1. The molecule has 65 heavy (non-hydrogen) atoms. The lowest BCUT2D eigenvalue weighted by molar-refractivity contribution is -0.905. The highest BCUT2D eigenvalue weighted by Gasteiger charge is 2.53. The van der Waals surface area contributed by atoms with Crippen LogP contribution in [0.4, 0.5) is 4.39 Å². The Morgan fingerprint density at radius 2 is 1.92 bits per heavy atom. The fourth-order valence-electron chi connectivity index (χ4n) is 8.78. The molecule has 5 N–H and O–H groups in total. The molecule has 5 heterocycles. The molecule has 3 aliphatic rings. The summed E-state index contributed by atoms with van der Waals surface area (Å²) in [6.45, 7) is 14.0. The first-order valence-electron chi connectivity index (χ1n) is 22.3. The van der Waals surface area contributed by atoms with Crippen LogP contribution in [0.5, 0.6) is 5.75 Å². The number of ether oxygens (including phenoxy) is 2. The largest absolute Gasteiger partial charge is 0.491 e. The molecule has 3 fully saturated rings. The third kappa shape index (κ3) is 10.3. The van der Waals surface area contributed by atoms with Crippen LogP contribution in [-0.2, 0) is 39.3 Å². The molecule has 0 radical (unpaired) electrons. The van der Waals surface area contributed by atoms with Gasteiger partial charge in [-0.05, 0) is 64.9 Å². The number of halogens is 2. The summed E-state index contributed by atoms with van der Waals surface area (Å²) in [6.07, 6.45) is 1.42. The van der Waals surface area contributed by atoms with Gasteiger partial charge in [0.15, 0.2) is 5.67 Å². The Labute approximate surface area is 389 Å². The first kappa shape index (κ1) is 46.7. The van der Waals surface area contributed by atoms with Crippen molar-refractivity contribution in [3.05, 3.63) is 79.9 Å². The summed E-state index contributed by atoms with van der Waals surface area (Å²) in [5, 5.41) is 16.8. The number of aromatic nitrogens is 4. The highest BCUT2D eigenvalue weighted by molar-refractivity contribution is 9.10. The van der Waals surface area contributed by atoms with E-state index < -0.39 is 47.0 Å². The maximum atomic E-state index is 14.6. The van der Waals surface area contributed by atoms with Crippen LogP contribution >= 0.6 is 27.3 Å². The summed E-state index contributed by atoms with van der Waals surface area (Å²) in [5.74, 6) is -0.492. The lowest BCUT2D eigenvalue weighted by Gasteiger charge is -2.35. The number of H-pyrrole nitrogens is 1. The van der Waals surface area contributed by atoms with Crippen molar-refractivity contribution in [2.75, 3.05) is 59.1 Å². The molecular weight excluding hydrogens is 922 g/mol. The van der Waals surface area contributed by atoms with Crippen molar-refractivity contribution in [3.63, 3.8) is 0 Å². The van der Waals surface area contributed by atoms with Crippen LogP contribution in [-0.4, -0.2) is 130 Å². The van der Waals surface area contributed by atoms with E-state index >= 15 is 0 Å². The number of fused-ring (bicyclic) bond motifs is 3. The summed E-state index contributed by atoms with van der Waals surface area (Å²) in [6, 6.07) is 9.50. The van der Waals surface area contributed by atoms with Gasteiger partial charge in [-0.25, -0.2) is 23.3 Å². The number of alkyl halides is 1. The molecule has 19 heteroatoms. The van der Waals surface area contributed by atoms with Gasteiger partial charge >= 0.3 is 11.3 Å². The molecular formula is C46H59BrFN9O7S+2. The number of quaternary nitrogens is 1. The lowest BCUT2D eigenvalue weighted by atomic mass is 9.85. The predicted molar refractivity (Wildman–Crippen MR) is 246 cm³/mol. The fourth-order valence-corrected chi connectivity index (χ4v) is 10.1. The first-order chi connectivity index (χ1) is 31.0. The van der Waals surface area contributed by atoms with E-state index in [1.807, 2.05) is 54.8 Å². The molecule has 0 unspecified atom stereocenters. The number of amides is 3. The van der Waals surface area contributed by atoms with Gasteiger partial charge in [-0.3, -0.25) is 24.1 Å². The van der Waals surface area contributed by atoms with E-state index in [1.54, 1.807) is 26.3 Å². The molecule has 0 spiro atoms. The molecule has 2 aliphatic heterocycles. The molecule has 5 aromatic rings. The van der Waals surface area contributed by atoms with E-state index in [0.29, 0.717) is 24.3 Å². The number of carbonyl (C=O) groups excluding carboxylic acids is 3. The second-order valence-electron chi connectivity index (χ2n) is 18.6.